The van der Waals surface area contributed by atoms with Crippen molar-refractivity contribution in [3.05, 3.63) is 58.6 Å². The van der Waals surface area contributed by atoms with Crippen molar-refractivity contribution in [3.8, 4) is 5.75 Å². The van der Waals surface area contributed by atoms with Crippen LogP contribution in [0.5, 0.6) is 5.75 Å². The summed E-state index contributed by atoms with van der Waals surface area (Å²) < 4.78 is 5.20. The van der Waals surface area contributed by atoms with Crippen molar-refractivity contribution in [2.24, 2.45) is 0 Å². The molecular weight excluding hydrogens is 368 g/mol. The number of thioether (sulfide) groups is 1. The summed E-state index contributed by atoms with van der Waals surface area (Å²) in [6.07, 6.45) is 2.00. The van der Waals surface area contributed by atoms with Gasteiger partial charge in [0.15, 0.2) is 0 Å². The fourth-order valence-corrected chi connectivity index (χ4v) is 3.70. The van der Waals surface area contributed by atoms with E-state index in [1.807, 2.05) is 35.4 Å². The predicted molar refractivity (Wildman–Crippen MR) is 107 cm³/mol. The van der Waals surface area contributed by atoms with E-state index in [0.29, 0.717) is 10.6 Å². The van der Waals surface area contributed by atoms with Gasteiger partial charge in [0.05, 0.1) is 17.7 Å². The number of benzene rings is 2. The lowest BCUT2D eigenvalue weighted by molar-refractivity contribution is 0.0628. The van der Waals surface area contributed by atoms with Crippen LogP contribution >= 0.6 is 23.4 Å². The van der Waals surface area contributed by atoms with E-state index in [9.17, 15) is 4.79 Å². The third kappa shape index (κ3) is 4.53. The zero-order valence-electron chi connectivity index (χ0n) is 15.1. The Hall–Kier alpha value is -1.69. The van der Waals surface area contributed by atoms with E-state index in [1.54, 1.807) is 24.9 Å². The molecule has 1 saturated heterocycles. The monoisotopic (exact) mass is 390 g/mol. The number of carbonyl (C=O) groups is 1. The van der Waals surface area contributed by atoms with Gasteiger partial charge in [0.2, 0.25) is 0 Å². The minimum atomic E-state index is 0.0231. The van der Waals surface area contributed by atoms with E-state index in [0.717, 1.165) is 43.4 Å². The van der Waals surface area contributed by atoms with Gasteiger partial charge in [0.1, 0.15) is 5.75 Å². The highest BCUT2D eigenvalue weighted by molar-refractivity contribution is 7.98. The van der Waals surface area contributed by atoms with Crippen molar-refractivity contribution in [2.75, 3.05) is 39.5 Å². The van der Waals surface area contributed by atoms with Crippen molar-refractivity contribution in [1.82, 2.24) is 9.80 Å². The lowest BCUT2D eigenvalue weighted by Crippen LogP contribution is -2.48. The molecule has 4 nitrogen and oxygen atoms in total. The second kappa shape index (κ2) is 8.80. The van der Waals surface area contributed by atoms with Crippen LogP contribution in [0.3, 0.4) is 0 Å². The smallest absolute Gasteiger partial charge is 0.255 e. The molecule has 0 radical (unpaired) electrons. The molecule has 0 atom stereocenters. The summed E-state index contributed by atoms with van der Waals surface area (Å²) in [6, 6.07) is 13.8. The molecule has 138 valence electrons. The molecule has 1 heterocycles. The lowest BCUT2D eigenvalue weighted by atomic mass is 10.1. The molecule has 2 aromatic rings. The van der Waals surface area contributed by atoms with Crippen molar-refractivity contribution >= 4 is 29.3 Å². The van der Waals surface area contributed by atoms with Crippen molar-refractivity contribution in [2.45, 2.75) is 11.4 Å². The number of carbonyl (C=O) groups excluding carboxylic acids is 1. The minimum absolute atomic E-state index is 0.0231. The molecule has 1 amide bonds. The molecule has 2 aromatic carbocycles. The first kappa shape index (κ1) is 19.1. The van der Waals surface area contributed by atoms with Gasteiger partial charge in [-0.15, -0.1) is 11.8 Å². The molecule has 1 aliphatic rings. The van der Waals surface area contributed by atoms with E-state index in [1.165, 1.54) is 5.56 Å². The summed E-state index contributed by atoms with van der Waals surface area (Å²) in [6.45, 7) is 4.04. The topological polar surface area (TPSA) is 32.8 Å². The molecule has 0 bridgehead atoms. The van der Waals surface area contributed by atoms with E-state index >= 15 is 0 Å². The van der Waals surface area contributed by atoms with E-state index in [4.69, 9.17) is 16.3 Å². The zero-order valence-corrected chi connectivity index (χ0v) is 16.6. The van der Waals surface area contributed by atoms with Gasteiger partial charge in [-0.1, -0.05) is 23.7 Å². The van der Waals surface area contributed by atoms with Gasteiger partial charge in [0, 0.05) is 37.6 Å². The molecule has 3 rings (SSSR count). The van der Waals surface area contributed by atoms with E-state index in [-0.39, 0.29) is 5.91 Å². The standard InChI is InChI=1S/C20H23ClN2O2S/c1-25-16-5-3-15(4-6-16)14-22-9-11-23(12-10-22)20(24)18-13-17(26-2)7-8-19(18)21/h3-8,13H,9-12,14H2,1-2H3. The number of methoxy groups -OCH3 is 1. The molecule has 0 aliphatic carbocycles. The summed E-state index contributed by atoms with van der Waals surface area (Å²) in [5.74, 6) is 0.892. The van der Waals surface area contributed by atoms with Crippen LogP contribution in [-0.2, 0) is 6.54 Å². The molecule has 0 saturated carbocycles. The van der Waals surface area contributed by atoms with Crippen LogP contribution in [0.4, 0.5) is 0 Å². The average molecular weight is 391 g/mol. The third-order valence-corrected chi connectivity index (χ3v) is 5.68. The number of ether oxygens (including phenoxy) is 1. The van der Waals surface area contributed by atoms with Crippen LogP contribution in [0.15, 0.2) is 47.4 Å². The maximum Gasteiger partial charge on any atom is 0.255 e. The number of amides is 1. The lowest BCUT2D eigenvalue weighted by Gasteiger charge is -2.35. The number of piperazine rings is 1. The molecule has 1 aliphatic heterocycles. The maximum absolute atomic E-state index is 12.8. The number of hydrogen-bond acceptors (Lipinski definition) is 4. The summed E-state index contributed by atoms with van der Waals surface area (Å²) in [5, 5.41) is 0.522. The highest BCUT2D eigenvalue weighted by Gasteiger charge is 2.23. The second-order valence-electron chi connectivity index (χ2n) is 6.26. The molecular formula is C20H23ClN2O2S. The fourth-order valence-electron chi connectivity index (χ4n) is 3.06. The second-order valence-corrected chi connectivity index (χ2v) is 7.55. The van der Waals surface area contributed by atoms with Gasteiger partial charge in [-0.2, -0.15) is 0 Å². The molecule has 0 unspecified atom stereocenters. The number of hydrogen-bond donors (Lipinski definition) is 0. The molecule has 1 fully saturated rings. The Morgan fingerprint density at radius 1 is 1.12 bits per heavy atom. The first-order valence-corrected chi connectivity index (χ1v) is 10.2. The van der Waals surface area contributed by atoms with Crippen LogP contribution < -0.4 is 4.74 Å². The molecule has 0 spiro atoms. The van der Waals surface area contributed by atoms with Crippen LogP contribution in [0, 0.1) is 0 Å². The van der Waals surface area contributed by atoms with Gasteiger partial charge < -0.3 is 9.64 Å². The maximum atomic E-state index is 12.8. The highest BCUT2D eigenvalue weighted by Crippen LogP contribution is 2.25. The summed E-state index contributed by atoms with van der Waals surface area (Å²) in [5.41, 5.74) is 1.85. The quantitative estimate of drug-likeness (QED) is 0.721. The van der Waals surface area contributed by atoms with E-state index < -0.39 is 0 Å². The molecule has 6 heteroatoms. The SMILES string of the molecule is COc1ccc(CN2CCN(C(=O)c3cc(SC)ccc3Cl)CC2)cc1. The molecule has 26 heavy (non-hydrogen) atoms. The summed E-state index contributed by atoms with van der Waals surface area (Å²) in [4.78, 5) is 18.1. The number of nitrogens with zero attached hydrogens (tertiary/aromatic N) is 2. The largest absolute Gasteiger partial charge is 0.497 e. The van der Waals surface area contributed by atoms with Crippen molar-refractivity contribution in [1.29, 1.82) is 0 Å². The Bertz CT molecular complexity index is 759. The number of halogens is 1. The first-order chi connectivity index (χ1) is 12.6. The minimum Gasteiger partial charge on any atom is -0.497 e. The average Bonchev–Trinajstić information content (AvgIpc) is 2.69. The molecule has 0 N–H and O–H groups in total. The van der Waals surface area contributed by atoms with Crippen LogP contribution in [-0.4, -0.2) is 55.3 Å². The van der Waals surface area contributed by atoms with Gasteiger partial charge in [-0.05, 0) is 42.2 Å². The Morgan fingerprint density at radius 2 is 1.81 bits per heavy atom. The van der Waals surface area contributed by atoms with Crippen LogP contribution in [0.25, 0.3) is 0 Å². The Balaban J connectivity index is 1.58. The van der Waals surface area contributed by atoms with E-state index in [2.05, 4.69) is 17.0 Å². The normalized spacial score (nSPS) is 15.1. The van der Waals surface area contributed by atoms with Gasteiger partial charge in [-0.25, -0.2) is 0 Å². The highest BCUT2D eigenvalue weighted by atomic mass is 35.5. The van der Waals surface area contributed by atoms with Gasteiger partial charge >= 0.3 is 0 Å². The Kier molecular flexibility index (Phi) is 6.46. The van der Waals surface area contributed by atoms with Gasteiger partial charge in [-0.3, -0.25) is 9.69 Å². The third-order valence-electron chi connectivity index (χ3n) is 4.63. The predicted octanol–water partition coefficient (Wildman–Crippen LogP) is 4.03. The summed E-state index contributed by atoms with van der Waals surface area (Å²) >= 11 is 7.86. The van der Waals surface area contributed by atoms with Crippen LogP contribution in [0.2, 0.25) is 5.02 Å². The first-order valence-electron chi connectivity index (χ1n) is 8.59. The number of rotatable bonds is 5. The Morgan fingerprint density at radius 3 is 2.42 bits per heavy atom. The van der Waals surface area contributed by atoms with Crippen molar-refractivity contribution < 1.29 is 9.53 Å². The Labute approximate surface area is 164 Å². The summed E-state index contributed by atoms with van der Waals surface area (Å²) in [7, 11) is 1.67. The molecule has 0 aromatic heterocycles. The van der Waals surface area contributed by atoms with Crippen molar-refractivity contribution in [3.63, 3.8) is 0 Å². The van der Waals surface area contributed by atoms with Crippen LogP contribution in [0.1, 0.15) is 15.9 Å². The van der Waals surface area contributed by atoms with Gasteiger partial charge in [0.25, 0.3) is 5.91 Å². The fraction of sp³-hybridized carbons (Fsp3) is 0.350. The zero-order chi connectivity index (χ0) is 18.5.